The molecule has 1 unspecified atom stereocenters. The highest BCUT2D eigenvalue weighted by Gasteiger charge is 2.16. The SMILES string of the molecule is CC(NC(=O)c1ncccc1Br)c1ccccc1Br. The minimum absolute atomic E-state index is 0.100. The van der Waals surface area contributed by atoms with Crippen LogP contribution in [0.1, 0.15) is 29.0 Å². The van der Waals surface area contributed by atoms with Crippen molar-refractivity contribution in [3.63, 3.8) is 0 Å². The molecule has 0 radical (unpaired) electrons. The van der Waals surface area contributed by atoms with Crippen LogP contribution in [0.5, 0.6) is 0 Å². The van der Waals surface area contributed by atoms with Gasteiger partial charge in [0.25, 0.3) is 5.91 Å². The minimum atomic E-state index is -0.198. The van der Waals surface area contributed by atoms with Gasteiger partial charge in [-0.05, 0) is 46.6 Å². The molecule has 1 atom stereocenters. The summed E-state index contributed by atoms with van der Waals surface area (Å²) >= 11 is 6.81. The predicted molar refractivity (Wildman–Crippen MR) is 82.0 cm³/mol. The second kappa shape index (κ2) is 6.30. The van der Waals surface area contributed by atoms with Gasteiger partial charge in [0, 0.05) is 15.1 Å². The molecule has 0 saturated heterocycles. The van der Waals surface area contributed by atoms with Crippen molar-refractivity contribution in [3.8, 4) is 0 Å². The lowest BCUT2D eigenvalue weighted by Crippen LogP contribution is -2.27. The maximum Gasteiger partial charge on any atom is 0.271 e. The Balaban J connectivity index is 2.16. The van der Waals surface area contributed by atoms with Crippen LogP contribution in [0.4, 0.5) is 0 Å². The summed E-state index contributed by atoms with van der Waals surface area (Å²) in [6.07, 6.45) is 1.60. The molecule has 2 aromatic rings. The van der Waals surface area contributed by atoms with Crippen molar-refractivity contribution < 1.29 is 4.79 Å². The molecule has 1 heterocycles. The fourth-order valence-electron chi connectivity index (χ4n) is 1.72. The van der Waals surface area contributed by atoms with Gasteiger partial charge in [0.2, 0.25) is 0 Å². The highest BCUT2D eigenvalue weighted by molar-refractivity contribution is 9.10. The van der Waals surface area contributed by atoms with E-state index in [1.54, 1.807) is 18.3 Å². The van der Waals surface area contributed by atoms with Crippen molar-refractivity contribution in [2.45, 2.75) is 13.0 Å². The molecule has 3 nitrogen and oxygen atoms in total. The Morgan fingerprint density at radius 2 is 1.84 bits per heavy atom. The molecule has 98 valence electrons. The molecule has 0 aliphatic heterocycles. The van der Waals surface area contributed by atoms with Crippen molar-refractivity contribution in [1.29, 1.82) is 0 Å². The molecule has 0 saturated carbocycles. The van der Waals surface area contributed by atoms with Crippen molar-refractivity contribution in [2.75, 3.05) is 0 Å². The molecule has 0 bridgehead atoms. The number of hydrogen-bond donors (Lipinski definition) is 1. The Labute approximate surface area is 128 Å². The molecule has 1 N–H and O–H groups in total. The van der Waals surface area contributed by atoms with Gasteiger partial charge >= 0.3 is 0 Å². The van der Waals surface area contributed by atoms with E-state index in [-0.39, 0.29) is 11.9 Å². The fourth-order valence-corrected chi connectivity index (χ4v) is 2.78. The highest BCUT2D eigenvalue weighted by Crippen LogP contribution is 2.23. The molecule has 0 spiro atoms. The van der Waals surface area contributed by atoms with Crippen LogP contribution in [0, 0.1) is 0 Å². The fraction of sp³-hybridized carbons (Fsp3) is 0.143. The summed E-state index contributed by atoms with van der Waals surface area (Å²) < 4.78 is 1.66. The molecule has 0 fully saturated rings. The van der Waals surface area contributed by atoms with E-state index in [0.717, 1.165) is 10.0 Å². The molecule has 5 heteroatoms. The van der Waals surface area contributed by atoms with Crippen LogP contribution >= 0.6 is 31.9 Å². The molecule has 1 amide bonds. The zero-order chi connectivity index (χ0) is 13.8. The number of nitrogens with zero attached hydrogens (tertiary/aromatic N) is 1. The zero-order valence-corrected chi connectivity index (χ0v) is 13.4. The third-order valence-corrected chi connectivity index (χ3v) is 4.05. The van der Waals surface area contributed by atoms with Crippen LogP contribution in [0.25, 0.3) is 0 Å². The van der Waals surface area contributed by atoms with E-state index in [1.807, 2.05) is 31.2 Å². The average Bonchev–Trinajstić information content (AvgIpc) is 2.39. The number of carbonyl (C=O) groups is 1. The number of halogens is 2. The molecular formula is C14H12Br2N2O. The summed E-state index contributed by atoms with van der Waals surface area (Å²) in [5.41, 5.74) is 1.42. The number of nitrogens with one attached hydrogen (secondary N) is 1. The summed E-state index contributed by atoms with van der Waals surface area (Å²) in [5.74, 6) is -0.198. The van der Waals surface area contributed by atoms with E-state index in [9.17, 15) is 4.79 Å². The van der Waals surface area contributed by atoms with E-state index in [1.165, 1.54) is 0 Å². The first kappa shape index (κ1) is 14.2. The second-order valence-electron chi connectivity index (χ2n) is 4.05. The Morgan fingerprint density at radius 1 is 1.16 bits per heavy atom. The number of carbonyl (C=O) groups excluding carboxylic acids is 1. The molecule has 0 aliphatic carbocycles. The van der Waals surface area contributed by atoms with Crippen molar-refractivity contribution in [3.05, 3.63) is 62.8 Å². The van der Waals surface area contributed by atoms with E-state index in [4.69, 9.17) is 0 Å². The van der Waals surface area contributed by atoms with Crippen LogP contribution < -0.4 is 5.32 Å². The van der Waals surface area contributed by atoms with Crippen molar-refractivity contribution in [1.82, 2.24) is 10.3 Å². The van der Waals surface area contributed by atoms with E-state index in [2.05, 4.69) is 42.2 Å². The monoisotopic (exact) mass is 382 g/mol. The van der Waals surface area contributed by atoms with E-state index in [0.29, 0.717) is 10.2 Å². The van der Waals surface area contributed by atoms with Crippen molar-refractivity contribution >= 4 is 37.8 Å². The average molecular weight is 384 g/mol. The largest absolute Gasteiger partial charge is 0.344 e. The van der Waals surface area contributed by atoms with Gasteiger partial charge in [0.1, 0.15) is 5.69 Å². The van der Waals surface area contributed by atoms with Gasteiger partial charge in [-0.15, -0.1) is 0 Å². The Hall–Kier alpha value is -1.20. The normalized spacial score (nSPS) is 11.9. The number of hydrogen-bond acceptors (Lipinski definition) is 2. The quantitative estimate of drug-likeness (QED) is 0.866. The maximum atomic E-state index is 12.1. The Kier molecular flexibility index (Phi) is 4.71. The van der Waals surface area contributed by atoms with Gasteiger partial charge in [-0.3, -0.25) is 4.79 Å². The zero-order valence-electron chi connectivity index (χ0n) is 10.2. The lowest BCUT2D eigenvalue weighted by molar-refractivity contribution is 0.0934. The van der Waals surface area contributed by atoms with Crippen molar-refractivity contribution in [2.24, 2.45) is 0 Å². The smallest absolute Gasteiger partial charge is 0.271 e. The number of benzene rings is 1. The minimum Gasteiger partial charge on any atom is -0.344 e. The van der Waals surface area contributed by atoms with Crippen LogP contribution in [0.3, 0.4) is 0 Å². The highest BCUT2D eigenvalue weighted by atomic mass is 79.9. The summed E-state index contributed by atoms with van der Waals surface area (Å²) in [5, 5.41) is 2.93. The number of rotatable bonds is 3. The lowest BCUT2D eigenvalue weighted by Gasteiger charge is -2.15. The summed E-state index contributed by atoms with van der Waals surface area (Å²) in [7, 11) is 0. The lowest BCUT2D eigenvalue weighted by atomic mass is 10.1. The molecule has 1 aromatic carbocycles. The first-order valence-electron chi connectivity index (χ1n) is 5.75. The van der Waals surface area contributed by atoms with E-state index < -0.39 is 0 Å². The third kappa shape index (κ3) is 3.42. The van der Waals surface area contributed by atoms with Gasteiger partial charge in [-0.2, -0.15) is 0 Å². The first-order valence-corrected chi connectivity index (χ1v) is 7.34. The topological polar surface area (TPSA) is 42.0 Å². The Bertz CT molecular complexity index is 602. The third-order valence-electron chi connectivity index (χ3n) is 2.69. The van der Waals surface area contributed by atoms with Gasteiger partial charge in [-0.1, -0.05) is 34.1 Å². The van der Waals surface area contributed by atoms with Crippen LogP contribution in [-0.4, -0.2) is 10.9 Å². The molecule has 19 heavy (non-hydrogen) atoms. The number of amides is 1. The van der Waals surface area contributed by atoms with Crippen LogP contribution in [0.2, 0.25) is 0 Å². The molecule has 1 aromatic heterocycles. The van der Waals surface area contributed by atoms with Gasteiger partial charge in [0.15, 0.2) is 0 Å². The van der Waals surface area contributed by atoms with Gasteiger partial charge in [-0.25, -0.2) is 4.98 Å². The maximum absolute atomic E-state index is 12.1. The predicted octanol–water partition coefficient (Wildman–Crippen LogP) is 4.10. The molecule has 0 aliphatic rings. The van der Waals surface area contributed by atoms with Crippen LogP contribution in [-0.2, 0) is 0 Å². The summed E-state index contributed by atoms with van der Waals surface area (Å²) in [6, 6.07) is 11.3. The van der Waals surface area contributed by atoms with Crippen LogP contribution in [0.15, 0.2) is 51.5 Å². The summed E-state index contributed by atoms with van der Waals surface area (Å²) in [4.78, 5) is 16.2. The Morgan fingerprint density at radius 3 is 2.53 bits per heavy atom. The van der Waals surface area contributed by atoms with Gasteiger partial charge < -0.3 is 5.32 Å². The summed E-state index contributed by atoms with van der Waals surface area (Å²) in [6.45, 7) is 1.94. The standard InChI is InChI=1S/C14H12Br2N2O/c1-9(10-5-2-3-6-11(10)15)18-14(19)13-12(16)7-4-8-17-13/h2-9H,1H3,(H,18,19). The van der Waals surface area contributed by atoms with Gasteiger partial charge in [0.05, 0.1) is 6.04 Å². The molecular weight excluding hydrogens is 372 g/mol. The second-order valence-corrected chi connectivity index (χ2v) is 5.76. The number of pyridine rings is 1. The molecule has 2 rings (SSSR count). The van der Waals surface area contributed by atoms with E-state index >= 15 is 0 Å². The first-order chi connectivity index (χ1) is 9.09. The number of aromatic nitrogens is 1.